The highest BCUT2D eigenvalue weighted by Gasteiger charge is 2.26. The Morgan fingerprint density at radius 2 is 1.38 bits per heavy atom. The summed E-state index contributed by atoms with van der Waals surface area (Å²) in [6.07, 6.45) is -1.29. The van der Waals surface area contributed by atoms with Crippen molar-refractivity contribution in [3.8, 4) is 0 Å². The SMILES string of the molecule is NC(CCC(=O)O)C(=O)NCC(=O)NC(CS)C(=O)NC(CCC(=O)O)C(=O)O. The maximum atomic E-state index is 12.1. The molecule has 3 atom stereocenters. The molecule has 0 aromatic carbocycles. The maximum Gasteiger partial charge on any atom is 0.326 e. The number of aliphatic carboxylic acids is 3. The number of carboxylic acids is 3. The fourth-order valence-corrected chi connectivity index (χ4v) is 2.20. The molecule has 0 aromatic heterocycles. The average Bonchev–Trinajstić information content (AvgIpc) is 2.64. The van der Waals surface area contributed by atoms with E-state index >= 15 is 0 Å². The smallest absolute Gasteiger partial charge is 0.326 e. The summed E-state index contributed by atoms with van der Waals surface area (Å²) in [4.78, 5) is 67.8. The number of carbonyl (C=O) groups excluding carboxylic acids is 3. The molecule has 14 heteroatoms. The number of thiol groups is 1. The maximum absolute atomic E-state index is 12.1. The minimum Gasteiger partial charge on any atom is -0.481 e. The standard InChI is InChI=1S/C15H24N4O9S/c16-7(1-3-11(21)22)13(25)17-5-10(20)18-9(6-29)14(26)19-8(15(27)28)2-4-12(23)24/h7-9,29H,1-6,16H2,(H,17,25)(H,18,20)(H,19,26)(H,21,22)(H,23,24)(H,27,28). The third kappa shape index (κ3) is 11.5. The normalized spacial score (nSPS) is 13.4. The molecule has 8 N–H and O–H groups in total. The van der Waals surface area contributed by atoms with E-state index in [2.05, 4.69) is 28.6 Å². The first-order valence-electron chi connectivity index (χ1n) is 8.38. The van der Waals surface area contributed by atoms with Crippen molar-refractivity contribution in [2.75, 3.05) is 12.3 Å². The van der Waals surface area contributed by atoms with E-state index in [0.29, 0.717) is 0 Å². The lowest BCUT2D eigenvalue weighted by atomic mass is 10.1. The van der Waals surface area contributed by atoms with Crippen LogP contribution in [0.25, 0.3) is 0 Å². The van der Waals surface area contributed by atoms with Crippen LogP contribution < -0.4 is 21.7 Å². The first-order valence-corrected chi connectivity index (χ1v) is 9.01. The third-order valence-corrected chi connectivity index (χ3v) is 3.89. The summed E-state index contributed by atoms with van der Waals surface area (Å²) in [5.41, 5.74) is 5.48. The van der Waals surface area contributed by atoms with Gasteiger partial charge in [-0.25, -0.2) is 4.79 Å². The summed E-state index contributed by atoms with van der Waals surface area (Å²) in [7, 11) is 0. The van der Waals surface area contributed by atoms with Crippen molar-refractivity contribution in [3.63, 3.8) is 0 Å². The Kier molecular flexibility index (Phi) is 12.0. The van der Waals surface area contributed by atoms with Crippen LogP contribution in [0.15, 0.2) is 0 Å². The molecule has 0 saturated heterocycles. The van der Waals surface area contributed by atoms with Crippen LogP contribution in [0.3, 0.4) is 0 Å². The van der Waals surface area contributed by atoms with Gasteiger partial charge in [0, 0.05) is 18.6 Å². The second-order valence-electron chi connectivity index (χ2n) is 5.89. The predicted octanol–water partition coefficient (Wildman–Crippen LogP) is -2.86. The Morgan fingerprint density at radius 1 is 0.828 bits per heavy atom. The van der Waals surface area contributed by atoms with Crippen molar-refractivity contribution in [1.82, 2.24) is 16.0 Å². The zero-order chi connectivity index (χ0) is 22.6. The fourth-order valence-electron chi connectivity index (χ4n) is 1.95. The molecular weight excluding hydrogens is 412 g/mol. The molecule has 0 fully saturated rings. The van der Waals surface area contributed by atoms with E-state index in [1.807, 2.05) is 0 Å². The number of nitrogens with two attached hydrogens (primary N) is 1. The molecule has 0 aliphatic heterocycles. The molecule has 0 saturated carbocycles. The van der Waals surface area contributed by atoms with Crippen LogP contribution in [-0.4, -0.2) is 81.4 Å². The van der Waals surface area contributed by atoms with Crippen molar-refractivity contribution in [1.29, 1.82) is 0 Å². The van der Waals surface area contributed by atoms with Crippen molar-refractivity contribution >= 4 is 48.3 Å². The lowest BCUT2D eigenvalue weighted by Crippen LogP contribution is -2.54. The molecular formula is C15H24N4O9S. The van der Waals surface area contributed by atoms with Gasteiger partial charge >= 0.3 is 17.9 Å². The number of hydrogen-bond acceptors (Lipinski definition) is 8. The van der Waals surface area contributed by atoms with Crippen LogP contribution in [0, 0.1) is 0 Å². The van der Waals surface area contributed by atoms with Gasteiger partial charge in [0.2, 0.25) is 17.7 Å². The van der Waals surface area contributed by atoms with Gasteiger partial charge < -0.3 is 37.0 Å². The zero-order valence-corrected chi connectivity index (χ0v) is 16.2. The summed E-state index contributed by atoms with van der Waals surface area (Å²) in [6.45, 7) is -0.557. The van der Waals surface area contributed by atoms with Crippen molar-refractivity contribution in [2.24, 2.45) is 5.73 Å². The quantitative estimate of drug-likeness (QED) is 0.130. The van der Waals surface area contributed by atoms with Gasteiger partial charge in [0.1, 0.15) is 12.1 Å². The van der Waals surface area contributed by atoms with Crippen LogP contribution >= 0.6 is 12.6 Å². The number of carboxylic acid groups (broad SMARTS) is 3. The molecule has 29 heavy (non-hydrogen) atoms. The summed E-state index contributed by atoms with van der Waals surface area (Å²) >= 11 is 3.90. The number of amides is 3. The highest BCUT2D eigenvalue weighted by atomic mass is 32.1. The molecule has 3 amide bonds. The first-order chi connectivity index (χ1) is 13.5. The minimum absolute atomic E-state index is 0.128. The molecule has 0 heterocycles. The Bertz CT molecular complexity index is 643. The van der Waals surface area contributed by atoms with Gasteiger partial charge in [-0.05, 0) is 12.8 Å². The summed E-state index contributed by atoms with van der Waals surface area (Å²) in [5, 5.41) is 32.7. The number of rotatable bonds is 14. The second-order valence-corrected chi connectivity index (χ2v) is 6.26. The molecule has 164 valence electrons. The van der Waals surface area contributed by atoms with Gasteiger partial charge in [-0.1, -0.05) is 0 Å². The Morgan fingerprint density at radius 3 is 1.86 bits per heavy atom. The minimum atomic E-state index is -1.47. The van der Waals surface area contributed by atoms with Gasteiger partial charge in [0.05, 0.1) is 12.6 Å². The molecule has 0 aromatic rings. The van der Waals surface area contributed by atoms with Crippen LogP contribution in [0.1, 0.15) is 25.7 Å². The third-order valence-electron chi connectivity index (χ3n) is 3.52. The lowest BCUT2D eigenvalue weighted by Gasteiger charge is -2.20. The van der Waals surface area contributed by atoms with E-state index in [1.165, 1.54) is 0 Å². The Balaban J connectivity index is 4.59. The fraction of sp³-hybridized carbons (Fsp3) is 0.600. The van der Waals surface area contributed by atoms with Crippen LogP contribution in [-0.2, 0) is 28.8 Å². The van der Waals surface area contributed by atoms with E-state index in [9.17, 15) is 28.8 Å². The van der Waals surface area contributed by atoms with Gasteiger partial charge in [-0.2, -0.15) is 12.6 Å². The van der Waals surface area contributed by atoms with E-state index in [4.69, 9.17) is 21.1 Å². The molecule has 0 bridgehead atoms. The average molecular weight is 436 g/mol. The van der Waals surface area contributed by atoms with E-state index in [-0.39, 0.29) is 25.0 Å². The summed E-state index contributed by atoms with van der Waals surface area (Å²) in [6, 6.07) is -3.84. The highest BCUT2D eigenvalue weighted by molar-refractivity contribution is 7.80. The number of carbonyl (C=O) groups is 6. The van der Waals surface area contributed by atoms with Gasteiger partial charge in [-0.15, -0.1) is 0 Å². The highest BCUT2D eigenvalue weighted by Crippen LogP contribution is 2.00. The summed E-state index contributed by atoms with van der Waals surface area (Å²) < 4.78 is 0. The number of nitrogens with one attached hydrogen (secondary N) is 3. The summed E-state index contributed by atoms with van der Waals surface area (Å²) in [5.74, 6) is -6.45. The van der Waals surface area contributed by atoms with Gasteiger partial charge in [-0.3, -0.25) is 24.0 Å². The van der Waals surface area contributed by atoms with Crippen molar-refractivity contribution < 1.29 is 44.1 Å². The first kappa shape index (κ1) is 26.1. The van der Waals surface area contributed by atoms with E-state index in [1.54, 1.807) is 0 Å². The van der Waals surface area contributed by atoms with E-state index in [0.717, 1.165) is 0 Å². The second kappa shape index (κ2) is 13.3. The monoisotopic (exact) mass is 436 g/mol. The molecule has 0 aliphatic rings. The predicted molar refractivity (Wildman–Crippen MR) is 100 cm³/mol. The molecule has 0 aliphatic carbocycles. The van der Waals surface area contributed by atoms with Crippen LogP contribution in [0.5, 0.6) is 0 Å². The van der Waals surface area contributed by atoms with Gasteiger partial charge in [0.25, 0.3) is 0 Å². The molecule has 13 nitrogen and oxygen atoms in total. The van der Waals surface area contributed by atoms with Crippen LogP contribution in [0.2, 0.25) is 0 Å². The topological polar surface area (TPSA) is 225 Å². The zero-order valence-electron chi connectivity index (χ0n) is 15.3. The Hall–Kier alpha value is -2.87. The van der Waals surface area contributed by atoms with Crippen molar-refractivity contribution in [2.45, 2.75) is 43.8 Å². The molecule has 0 radical (unpaired) electrons. The number of hydrogen-bond donors (Lipinski definition) is 8. The molecule has 0 spiro atoms. The van der Waals surface area contributed by atoms with E-state index < -0.39 is 66.7 Å². The largest absolute Gasteiger partial charge is 0.481 e. The molecule has 3 unspecified atom stereocenters. The van der Waals surface area contributed by atoms with Crippen molar-refractivity contribution in [3.05, 3.63) is 0 Å². The van der Waals surface area contributed by atoms with Gasteiger partial charge in [0.15, 0.2) is 0 Å². The lowest BCUT2D eigenvalue weighted by molar-refractivity contribution is -0.143. The Labute approximate surface area is 170 Å². The van der Waals surface area contributed by atoms with Crippen LogP contribution in [0.4, 0.5) is 0 Å². The molecule has 0 rings (SSSR count).